The van der Waals surface area contributed by atoms with Gasteiger partial charge in [-0.25, -0.2) is 0 Å². The summed E-state index contributed by atoms with van der Waals surface area (Å²) in [6.45, 7) is 6.42. The lowest BCUT2D eigenvalue weighted by Gasteiger charge is -2.29. The monoisotopic (exact) mass is 372 g/mol. The zero-order valence-corrected chi connectivity index (χ0v) is 16.5. The minimum Gasteiger partial charge on any atom is -0.350 e. The van der Waals surface area contributed by atoms with Gasteiger partial charge in [0.2, 0.25) is 0 Å². The van der Waals surface area contributed by atoms with E-state index in [-0.39, 0.29) is 16.0 Å². The first kappa shape index (κ1) is 18.2. The van der Waals surface area contributed by atoms with E-state index < -0.39 is 0 Å². The molecule has 0 fully saturated rings. The van der Waals surface area contributed by atoms with E-state index >= 15 is 0 Å². The van der Waals surface area contributed by atoms with Crippen molar-refractivity contribution in [3.05, 3.63) is 87.5 Å². The molecular formula is C24H24N2O2. The number of anilines is 2. The van der Waals surface area contributed by atoms with Gasteiger partial charge in [0.05, 0.1) is 4.92 Å². The summed E-state index contributed by atoms with van der Waals surface area (Å²) < 4.78 is 0. The molecule has 0 aliphatic heterocycles. The maximum absolute atomic E-state index is 11.8. The van der Waals surface area contributed by atoms with E-state index in [9.17, 15) is 10.1 Å². The number of aryl methyl sites for hydroxylation is 1. The fourth-order valence-corrected chi connectivity index (χ4v) is 4.54. The first-order valence-electron chi connectivity index (χ1n) is 9.76. The molecule has 0 bridgehead atoms. The molecule has 142 valence electrons. The van der Waals surface area contributed by atoms with E-state index in [4.69, 9.17) is 0 Å². The Morgan fingerprint density at radius 3 is 2.25 bits per heavy atom. The van der Waals surface area contributed by atoms with Crippen LogP contribution in [0.2, 0.25) is 0 Å². The quantitative estimate of drug-likeness (QED) is 0.399. The van der Waals surface area contributed by atoms with Gasteiger partial charge in [0.1, 0.15) is 5.69 Å². The summed E-state index contributed by atoms with van der Waals surface area (Å²) in [5.74, 6) is 0. The van der Waals surface area contributed by atoms with Crippen molar-refractivity contribution < 1.29 is 4.92 Å². The molecule has 0 aromatic heterocycles. The number of nitro benzene ring substituents is 1. The topological polar surface area (TPSA) is 55.2 Å². The van der Waals surface area contributed by atoms with Crippen molar-refractivity contribution in [2.45, 2.75) is 39.0 Å². The minimum atomic E-state index is -0.294. The van der Waals surface area contributed by atoms with E-state index in [2.05, 4.69) is 37.4 Å². The molecule has 1 aliphatic rings. The van der Waals surface area contributed by atoms with E-state index in [1.165, 1.54) is 11.1 Å². The largest absolute Gasteiger partial charge is 0.350 e. The van der Waals surface area contributed by atoms with Crippen LogP contribution in [0.1, 0.15) is 43.4 Å². The summed E-state index contributed by atoms with van der Waals surface area (Å²) in [5.41, 5.74) is 7.11. The van der Waals surface area contributed by atoms with E-state index in [0.717, 1.165) is 35.2 Å². The highest BCUT2D eigenvalue weighted by molar-refractivity contribution is 5.87. The number of nitro groups is 1. The van der Waals surface area contributed by atoms with Gasteiger partial charge in [-0.2, -0.15) is 0 Å². The lowest BCUT2D eigenvalue weighted by Crippen LogP contribution is -2.23. The number of hydrogen-bond donors (Lipinski definition) is 1. The molecular weight excluding hydrogens is 348 g/mol. The van der Waals surface area contributed by atoms with Crippen LogP contribution in [-0.2, 0) is 5.41 Å². The Balaban J connectivity index is 1.92. The summed E-state index contributed by atoms with van der Waals surface area (Å²) in [5, 5.41) is 15.1. The number of nitrogens with zero attached hydrogens (tertiary/aromatic N) is 1. The van der Waals surface area contributed by atoms with Crippen LogP contribution in [0.15, 0.2) is 60.7 Å². The number of rotatable bonds is 5. The highest BCUT2D eigenvalue weighted by Crippen LogP contribution is 2.54. The lowest BCUT2D eigenvalue weighted by atomic mass is 9.74. The van der Waals surface area contributed by atoms with Gasteiger partial charge in [-0.3, -0.25) is 10.1 Å². The van der Waals surface area contributed by atoms with Crippen LogP contribution in [-0.4, -0.2) is 4.92 Å². The van der Waals surface area contributed by atoms with Gasteiger partial charge in [0.25, 0.3) is 5.69 Å². The fraction of sp³-hybridized carbons (Fsp3) is 0.250. The molecule has 0 saturated carbocycles. The standard InChI is InChI=1S/C24H24N2O2/c1-4-24(5-2)20-9-7-6-8-18(20)19-14-23(26(27)28)22(15-21(19)24)25-17-12-10-16(3)11-13-17/h6-15,25H,4-5H2,1-3H3. The second-order valence-corrected chi connectivity index (χ2v) is 7.50. The molecule has 28 heavy (non-hydrogen) atoms. The zero-order chi connectivity index (χ0) is 19.9. The molecule has 0 atom stereocenters. The van der Waals surface area contributed by atoms with Gasteiger partial charge in [-0.1, -0.05) is 55.8 Å². The van der Waals surface area contributed by atoms with Crippen molar-refractivity contribution >= 4 is 17.1 Å². The first-order valence-corrected chi connectivity index (χ1v) is 9.76. The van der Waals surface area contributed by atoms with E-state index in [1.54, 1.807) is 6.07 Å². The van der Waals surface area contributed by atoms with Crippen LogP contribution in [0.25, 0.3) is 11.1 Å². The van der Waals surface area contributed by atoms with Crippen molar-refractivity contribution in [3.8, 4) is 11.1 Å². The van der Waals surface area contributed by atoms with Crippen LogP contribution in [0.4, 0.5) is 17.1 Å². The molecule has 0 radical (unpaired) electrons. The zero-order valence-electron chi connectivity index (χ0n) is 16.5. The summed E-state index contributed by atoms with van der Waals surface area (Å²) in [7, 11) is 0. The molecule has 0 unspecified atom stereocenters. The van der Waals surface area contributed by atoms with E-state index in [0.29, 0.717) is 5.69 Å². The van der Waals surface area contributed by atoms with Gasteiger partial charge < -0.3 is 5.32 Å². The third-order valence-electron chi connectivity index (χ3n) is 6.12. The van der Waals surface area contributed by atoms with Crippen molar-refractivity contribution in [1.82, 2.24) is 0 Å². The van der Waals surface area contributed by atoms with Gasteiger partial charge in [-0.05, 0) is 60.2 Å². The van der Waals surface area contributed by atoms with Crippen LogP contribution < -0.4 is 5.32 Å². The molecule has 0 saturated heterocycles. The van der Waals surface area contributed by atoms with Crippen molar-refractivity contribution in [1.29, 1.82) is 0 Å². The smallest absolute Gasteiger partial charge is 0.293 e. The third-order valence-corrected chi connectivity index (χ3v) is 6.12. The Labute approximate surface area is 165 Å². The molecule has 0 amide bonds. The summed E-state index contributed by atoms with van der Waals surface area (Å²) in [6.07, 6.45) is 1.91. The van der Waals surface area contributed by atoms with Crippen molar-refractivity contribution in [2.75, 3.05) is 5.32 Å². The number of hydrogen-bond acceptors (Lipinski definition) is 3. The number of benzene rings is 3. The SMILES string of the molecule is CCC1(CC)c2ccccc2-c2cc([N+](=O)[O-])c(Nc3ccc(C)cc3)cc21. The summed E-state index contributed by atoms with van der Waals surface area (Å²) in [6, 6.07) is 20.0. The molecule has 3 aromatic rings. The van der Waals surface area contributed by atoms with Gasteiger partial charge in [0.15, 0.2) is 0 Å². The highest BCUT2D eigenvalue weighted by Gasteiger charge is 2.41. The Kier molecular flexibility index (Phi) is 4.42. The molecule has 1 aliphatic carbocycles. The third kappa shape index (κ3) is 2.68. The van der Waals surface area contributed by atoms with Crippen LogP contribution >= 0.6 is 0 Å². The van der Waals surface area contributed by atoms with Crippen molar-refractivity contribution in [2.24, 2.45) is 0 Å². The Bertz CT molecular complexity index is 1050. The van der Waals surface area contributed by atoms with Crippen LogP contribution in [0.5, 0.6) is 0 Å². The molecule has 1 N–H and O–H groups in total. The summed E-state index contributed by atoms with van der Waals surface area (Å²) >= 11 is 0. The predicted octanol–water partition coefficient (Wildman–Crippen LogP) is 6.73. The van der Waals surface area contributed by atoms with Crippen LogP contribution in [0, 0.1) is 17.0 Å². The van der Waals surface area contributed by atoms with Gasteiger partial charge in [-0.15, -0.1) is 0 Å². The maximum atomic E-state index is 11.8. The summed E-state index contributed by atoms with van der Waals surface area (Å²) in [4.78, 5) is 11.5. The fourth-order valence-electron chi connectivity index (χ4n) is 4.54. The second-order valence-electron chi connectivity index (χ2n) is 7.50. The number of fused-ring (bicyclic) bond motifs is 3. The van der Waals surface area contributed by atoms with Gasteiger partial charge in [0, 0.05) is 17.2 Å². The molecule has 0 heterocycles. The average molecular weight is 372 g/mol. The normalized spacial score (nSPS) is 13.7. The molecule has 0 spiro atoms. The van der Waals surface area contributed by atoms with Gasteiger partial charge >= 0.3 is 0 Å². The Hall–Kier alpha value is -3.14. The first-order chi connectivity index (χ1) is 13.5. The van der Waals surface area contributed by atoms with Crippen molar-refractivity contribution in [3.63, 3.8) is 0 Å². The second kappa shape index (κ2) is 6.79. The highest BCUT2D eigenvalue weighted by atomic mass is 16.6. The Morgan fingerprint density at radius 2 is 1.61 bits per heavy atom. The molecule has 4 heteroatoms. The maximum Gasteiger partial charge on any atom is 0.293 e. The molecule has 4 rings (SSSR count). The number of nitrogens with one attached hydrogen (secondary N) is 1. The van der Waals surface area contributed by atoms with E-state index in [1.807, 2.05) is 43.3 Å². The molecule has 3 aromatic carbocycles. The predicted molar refractivity (Wildman–Crippen MR) is 114 cm³/mol. The van der Waals surface area contributed by atoms with Crippen LogP contribution in [0.3, 0.4) is 0 Å². The lowest BCUT2D eigenvalue weighted by molar-refractivity contribution is -0.383. The average Bonchev–Trinajstić information content (AvgIpc) is 2.98. The molecule has 4 nitrogen and oxygen atoms in total. The minimum absolute atomic E-state index is 0.106. The Morgan fingerprint density at radius 1 is 0.929 bits per heavy atom.